The Kier molecular flexibility index (Phi) is 5.71. The first-order chi connectivity index (χ1) is 16.7. The van der Waals surface area contributed by atoms with Crippen molar-refractivity contribution in [2.24, 2.45) is 5.92 Å². The normalized spacial score (nSPS) is 27.2. The van der Waals surface area contributed by atoms with Crippen molar-refractivity contribution in [2.45, 2.75) is 44.4 Å². The number of hydrogen-bond donors (Lipinski definition) is 2. The summed E-state index contributed by atoms with van der Waals surface area (Å²) in [5.41, 5.74) is 3.05. The van der Waals surface area contributed by atoms with Gasteiger partial charge in [0.1, 0.15) is 12.1 Å². The molecule has 2 saturated heterocycles. The second-order valence-electron chi connectivity index (χ2n) is 9.84. The Morgan fingerprint density at radius 1 is 0.971 bits per heavy atom. The van der Waals surface area contributed by atoms with Crippen LogP contribution in [0.3, 0.4) is 0 Å². The molecule has 8 heteroatoms. The molecule has 3 atom stereocenters. The highest BCUT2D eigenvalue weighted by Crippen LogP contribution is 2.32. The standard InChI is InChI=1S/C26H32N6O2/c33-24-21-5-1-2-6-22(21)28-26(29-24)31-16-14-30(15-17-31)25(34)19-7-9-20(10-8-19)32-13-11-18-4-3-12-27-23(18)32/h3-4,7-10,12,21-22,26,28H,1-2,5-6,11,13-17H2,(H,29,33). The lowest BCUT2D eigenvalue weighted by Crippen LogP contribution is -2.69. The molecule has 1 saturated carbocycles. The van der Waals surface area contributed by atoms with Gasteiger partial charge in [0.25, 0.3) is 5.91 Å². The molecule has 2 amide bonds. The molecule has 8 nitrogen and oxygen atoms in total. The third kappa shape index (κ3) is 3.95. The molecule has 4 aliphatic rings. The summed E-state index contributed by atoms with van der Waals surface area (Å²) in [7, 11) is 0. The van der Waals surface area contributed by atoms with E-state index in [-0.39, 0.29) is 30.1 Å². The highest BCUT2D eigenvalue weighted by molar-refractivity contribution is 5.94. The van der Waals surface area contributed by atoms with E-state index < -0.39 is 0 Å². The summed E-state index contributed by atoms with van der Waals surface area (Å²) in [5.74, 6) is 1.38. The summed E-state index contributed by atoms with van der Waals surface area (Å²) >= 11 is 0. The molecule has 1 aromatic carbocycles. The molecule has 178 valence electrons. The van der Waals surface area contributed by atoms with Gasteiger partial charge in [-0.1, -0.05) is 18.9 Å². The minimum Gasteiger partial charge on any atom is -0.336 e. The summed E-state index contributed by atoms with van der Waals surface area (Å²) in [6.07, 6.45) is 7.09. The first kappa shape index (κ1) is 21.6. The summed E-state index contributed by atoms with van der Waals surface area (Å²) < 4.78 is 0. The van der Waals surface area contributed by atoms with Crippen molar-refractivity contribution in [1.29, 1.82) is 0 Å². The Bertz CT molecular complexity index is 1070. The van der Waals surface area contributed by atoms with Gasteiger partial charge in [0.2, 0.25) is 5.91 Å². The van der Waals surface area contributed by atoms with Gasteiger partial charge in [-0.15, -0.1) is 0 Å². The number of rotatable bonds is 3. The lowest BCUT2D eigenvalue weighted by Gasteiger charge is -2.46. The van der Waals surface area contributed by atoms with E-state index in [2.05, 4.69) is 31.5 Å². The fourth-order valence-electron chi connectivity index (χ4n) is 5.93. The number of carbonyl (C=O) groups excluding carboxylic acids is 2. The zero-order chi connectivity index (χ0) is 23.1. The Morgan fingerprint density at radius 2 is 1.76 bits per heavy atom. The van der Waals surface area contributed by atoms with E-state index in [4.69, 9.17) is 0 Å². The lowest BCUT2D eigenvalue weighted by atomic mass is 9.82. The molecular formula is C26H32N6O2. The van der Waals surface area contributed by atoms with Crippen LogP contribution in [0.4, 0.5) is 11.5 Å². The number of nitrogens with one attached hydrogen (secondary N) is 2. The minimum absolute atomic E-state index is 0.0686. The molecule has 2 N–H and O–H groups in total. The first-order valence-electron chi connectivity index (χ1n) is 12.6. The maximum absolute atomic E-state index is 13.1. The van der Waals surface area contributed by atoms with E-state index in [1.54, 1.807) is 0 Å². The highest BCUT2D eigenvalue weighted by atomic mass is 16.2. The van der Waals surface area contributed by atoms with Gasteiger partial charge in [-0.25, -0.2) is 4.98 Å². The highest BCUT2D eigenvalue weighted by Gasteiger charge is 2.40. The predicted molar refractivity (Wildman–Crippen MR) is 130 cm³/mol. The molecule has 0 bridgehead atoms. The van der Waals surface area contributed by atoms with Gasteiger partial charge >= 0.3 is 0 Å². The van der Waals surface area contributed by atoms with Gasteiger partial charge in [0, 0.05) is 56.2 Å². The van der Waals surface area contributed by atoms with Crippen LogP contribution in [0.1, 0.15) is 41.6 Å². The van der Waals surface area contributed by atoms with Gasteiger partial charge in [0.15, 0.2) is 0 Å². The van der Waals surface area contributed by atoms with Gasteiger partial charge in [-0.05, 0) is 55.2 Å². The van der Waals surface area contributed by atoms with Crippen LogP contribution >= 0.6 is 0 Å². The molecule has 6 rings (SSSR count). The van der Waals surface area contributed by atoms with E-state index in [0.29, 0.717) is 18.7 Å². The van der Waals surface area contributed by atoms with Crippen molar-refractivity contribution in [3.63, 3.8) is 0 Å². The summed E-state index contributed by atoms with van der Waals surface area (Å²) in [6, 6.07) is 12.3. The molecular weight excluding hydrogens is 428 g/mol. The SMILES string of the molecule is O=C1NC(N2CCN(C(=O)c3ccc(N4CCc5cccnc54)cc3)CC2)NC2CCCCC12. The average Bonchev–Trinajstić information content (AvgIpc) is 3.33. The van der Waals surface area contributed by atoms with E-state index in [1.807, 2.05) is 41.4 Å². The Morgan fingerprint density at radius 3 is 2.59 bits per heavy atom. The number of amides is 2. The zero-order valence-electron chi connectivity index (χ0n) is 19.4. The molecule has 0 spiro atoms. The van der Waals surface area contributed by atoms with Crippen molar-refractivity contribution in [3.8, 4) is 0 Å². The van der Waals surface area contributed by atoms with Gasteiger partial charge in [-0.2, -0.15) is 0 Å². The molecule has 1 aliphatic carbocycles. The molecule has 1 aromatic heterocycles. The van der Waals surface area contributed by atoms with Crippen LogP contribution in [-0.4, -0.2) is 71.7 Å². The number of hydrogen-bond acceptors (Lipinski definition) is 6. The molecule has 3 aliphatic heterocycles. The maximum Gasteiger partial charge on any atom is 0.253 e. The van der Waals surface area contributed by atoms with Crippen LogP contribution in [0.5, 0.6) is 0 Å². The topological polar surface area (TPSA) is 80.8 Å². The van der Waals surface area contributed by atoms with Crippen LogP contribution in [-0.2, 0) is 11.2 Å². The first-order valence-corrected chi connectivity index (χ1v) is 12.6. The number of nitrogens with zero attached hydrogens (tertiary/aromatic N) is 4. The van der Waals surface area contributed by atoms with E-state index in [0.717, 1.165) is 56.8 Å². The summed E-state index contributed by atoms with van der Waals surface area (Å²) in [4.78, 5) is 36.7. The van der Waals surface area contributed by atoms with E-state index >= 15 is 0 Å². The quantitative estimate of drug-likeness (QED) is 0.730. The fraction of sp³-hybridized carbons (Fsp3) is 0.500. The largest absolute Gasteiger partial charge is 0.336 e. The van der Waals surface area contributed by atoms with E-state index in [1.165, 1.54) is 12.0 Å². The van der Waals surface area contributed by atoms with Crippen molar-refractivity contribution >= 4 is 23.3 Å². The third-order valence-corrected chi connectivity index (χ3v) is 7.87. The minimum atomic E-state index is -0.125. The van der Waals surface area contributed by atoms with Crippen LogP contribution < -0.4 is 15.5 Å². The molecule has 3 unspecified atom stereocenters. The lowest BCUT2D eigenvalue weighted by molar-refractivity contribution is -0.134. The number of pyridine rings is 1. The zero-order valence-corrected chi connectivity index (χ0v) is 19.4. The fourth-order valence-corrected chi connectivity index (χ4v) is 5.93. The number of fused-ring (bicyclic) bond motifs is 2. The smallest absolute Gasteiger partial charge is 0.253 e. The second-order valence-corrected chi connectivity index (χ2v) is 9.84. The third-order valence-electron chi connectivity index (χ3n) is 7.87. The monoisotopic (exact) mass is 460 g/mol. The molecule has 2 aromatic rings. The number of anilines is 2. The summed E-state index contributed by atoms with van der Waals surface area (Å²) in [6.45, 7) is 3.72. The second kappa shape index (κ2) is 9.00. The Labute approximate surface area is 200 Å². The van der Waals surface area contributed by atoms with Gasteiger partial charge in [0.05, 0.1) is 5.92 Å². The van der Waals surface area contributed by atoms with Crippen LogP contribution in [0.2, 0.25) is 0 Å². The number of carbonyl (C=O) groups is 2. The van der Waals surface area contributed by atoms with Crippen LogP contribution in [0.25, 0.3) is 0 Å². The van der Waals surface area contributed by atoms with Crippen molar-refractivity contribution in [2.75, 3.05) is 37.6 Å². The van der Waals surface area contributed by atoms with Crippen molar-refractivity contribution in [3.05, 3.63) is 53.7 Å². The van der Waals surface area contributed by atoms with Gasteiger partial charge in [-0.3, -0.25) is 19.8 Å². The molecule has 4 heterocycles. The number of aromatic nitrogens is 1. The molecule has 0 radical (unpaired) electrons. The van der Waals surface area contributed by atoms with Crippen LogP contribution in [0.15, 0.2) is 42.6 Å². The Hall–Kier alpha value is -2.97. The number of piperazine rings is 1. The molecule has 3 fully saturated rings. The van der Waals surface area contributed by atoms with Crippen LogP contribution in [0, 0.1) is 5.92 Å². The van der Waals surface area contributed by atoms with Crippen molar-refractivity contribution in [1.82, 2.24) is 25.4 Å². The predicted octanol–water partition coefficient (Wildman–Crippen LogP) is 2.10. The van der Waals surface area contributed by atoms with Gasteiger partial charge < -0.3 is 15.1 Å². The summed E-state index contributed by atoms with van der Waals surface area (Å²) in [5, 5.41) is 6.82. The van der Waals surface area contributed by atoms with E-state index in [9.17, 15) is 9.59 Å². The maximum atomic E-state index is 13.1. The van der Waals surface area contributed by atoms with Crippen molar-refractivity contribution < 1.29 is 9.59 Å². The number of benzene rings is 1. The Balaban J connectivity index is 1.06. The average molecular weight is 461 g/mol. The molecule has 34 heavy (non-hydrogen) atoms.